The van der Waals surface area contributed by atoms with Gasteiger partial charge in [-0.25, -0.2) is 0 Å². The molecular formula is C17H22O3. The third kappa shape index (κ3) is 2.24. The number of methoxy groups -OCH3 is 1. The molecule has 1 aliphatic carbocycles. The summed E-state index contributed by atoms with van der Waals surface area (Å²) < 4.78 is 11.2. The minimum absolute atomic E-state index is 0.140. The van der Waals surface area contributed by atoms with Crippen molar-refractivity contribution in [2.45, 2.75) is 44.6 Å². The second-order valence-electron chi connectivity index (χ2n) is 6.13. The number of benzene rings is 1. The van der Waals surface area contributed by atoms with E-state index in [-0.39, 0.29) is 5.78 Å². The molecule has 0 unspecified atom stereocenters. The summed E-state index contributed by atoms with van der Waals surface area (Å²) in [5.41, 5.74) is 1.30. The Labute approximate surface area is 120 Å². The van der Waals surface area contributed by atoms with E-state index >= 15 is 0 Å². The summed E-state index contributed by atoms with van der Waals surface area (Å²) in [6.07, 6.45) is 4.68. The number of ether oxygens (including phenoxy) is 2. The quantitative estimate of drug-likeness (QED) is 0.792. The van der Waals surface area contributed by atoms with Crippen LogP contribution in [0.5, 0.6) is 5.75 Å². The van der Waals surface area contributed by atoms with Crippen LogP contribution in [0.25, 0.3) is 0 Å². The van der Waals surface area contributed by atoms with Crippen molar-refractivity contribution < 1.29 is 14.3 Å². The van der Waals surface area contributed by atoms with Crippen LogP contribution in [0.1, 0.15) is 48.5 Å². The second kappa shape index (κ2) is 5.21. The summed E-state index contributed by atoms with van der Waals surface area (Å²) in [5, 5.41) is 0. The summed E-state index contributed by atoms with van der Waals surface area (Å²) in [6.45, 7) is 2.97. The molecule has 20 heavy (non-hydrogen) atoms. The van der Waals surface area contributed by atoms with E-state index in [0.29, 0.717) is 5.92 Å². The topological polar surface area (TPSA) is 35.5 Å². The van der Waals surface area contributed by atoms with Crippen LogP contribution >= 0.6 is 0 Å². The first-order valence-electron chi connectivity index (χ1n) is 7.50. The molecule has 1 aromatic rings. The minimum atomic E-state index is -0.611. The number of hydrogen-bond donors (Lipinski definition) is 0. The molecular weight excluding hydrogens is 252 g/mol. The fourth-order valence-corrected chi connectivity index (χ4v) is 3.34. The first-order chi connectivity index (χ1) is 9.64. The lowest BCUT2D eigenvalue weighted by molar-refractivity contribution is -0.0263. The normalized spacial score (nSPS) is 28.8. The Bertz CT molecular complexity index is 513. The number of Topliss-reactive ketones (excluding diaryl/α,β-unsaturated/α-hetero) is 1. The zero-order valence-corrected chi connectivity index (χ0v) is 12.3. The van der Waals surface area contributed by atoms with Crippen LogP contribution in [0.3, 0.4) is 0 Å². The SMILES string of the molecule is COC1(C(=O)c2ccc3c(c2)CCO3)CCC(C)CC1. The van der Waals surface area contributed by atoms with E-state index in [1.165, 1.54) is 0 Å². The summed E-state index contributed by atoms with van der Waals surface area (Å²) in [7, 11) is 1.67. The molecule has 0 aromatic heterocycles. The van der Waals surface area contributed by atoms with Crippen LogP contribution in [0.15, 0.2) is 18.2 Å². The lowest BCUT2D eigenvalue weighted by Crippen LogP contribution is -2.43. The Morgan fingerprint density at radius 1 is 1.35 bits per heavy atom. The van der Waals surface area contributed by atoms with E-state index in [0.717, 1.165) is 55.6 Å². The Hall–Kier alpha value is -1.35. The number of carbonyl (C=O) groups is 1. The van der Waals surface area contributed by atoms with E-state index in [2.05, 4.69) is 6.92 Å². The molecule has 0 atom stereocenters. The predicted molar refractivity (Wildman–Crippen MR) is 77.3 cm³/mol. The Morgan fingerprint density at radius 2 is 2.10 bits per heavy atom. The van der Waals surface area contributed by atoms with Gasteiger partial charge in [0.15, 0.2) is 5.78 Å². The van der Waals surface area contributed by atoms with Gasteiger partial charge in [0.25, 0.3) is 0 Å². The predicted octanol–water partition coefficient (Wildman–Crippen LogP) is 3.40. The van der Waals surface area contributed by atoms with E-state index in [4.69, 9.17) is 9.47 Å². The van der Waals surface area contributed by atoms with Crippen LogP contribution in [0.2, 0.25) is 0 Å². The standard InChI is InChI=1S/C17H22O3/c1-12-5-8-17(19-2,9-6-12)16(18)14-3-4-15-13(11-14)7-10-20-15/h3-4,11-12H,5-10H2,1-2H3. The zero-order chi connectivity index (χ0) is 14.2. The van der Waals surface area contributed by atoms with Crippen molar-refractivity contribution in [2.75, 3.05) is 13.7 Å². The van der Waals surface area contributed by atoms with E-state index in [1.54, 1.807) is 7.11 Å². The summed E-state index contributed by atoms with van der Waals surface area (Å²) in [5.74, 6) is 1.76. The number of fused-ring (bicyclic) bond motifs is 1. The molecule has 3 heteroatoms. The number of hydrogen-bond acceptors (Lipinski definition) is 3. The van der Waals surface area contributed by atoms with Crippen molar-refractivity contribution in [1.29, 1.82) is 0 Å². The Morgan fingerprint density at radius 3 is 2.80 bits per heavy atom. The van der Waals surface area contributed by atoms with Crippen LogP contribution < -0.4 is 4.74 Å². The van der Waals surface area contributed by atoms with Crippen molar-refractivity contribution in [1.82, 2.24) is 0 Å². The first-order valence-corrected chi connectivity index (χ1v) is 7.50. The van der Waals surface area contributed by atoms with Gasteiger partial charge in [0.2, 0.25) is 0 Å². The van der Waals surface area contributed by atoms with Crippen LogP contribution in [-0.2, 0) is 11.2 Å². The monoisotopic (exact) mass is 274 g/mol. The van der Waals surface area contributed by atoms with Gasteiger partial charge >= 0.3 is 0 Å². The molecule has 1 aliphatic heterocycles. The van der Waals surface area contributed by atoms with E-state index < -0.39 is 5.60 Å². The minimum Gasteiger partial charge on any atom is -0.493 e. The van der Waals surface area contributed by atoms with Crippen molar-refractivity contribution in [3.63, 3.8) is 0 Å². The third-order valence-corrected chi connectivity index (χ3v) is 4.84. The largest absolute Gasteiger partial charge is 0.493 e. The van der Waals surface area contributed by atoms with Gasteiger partial charge in [-0.15, -0.1) is 0 Å². The Balaban J connectivity index is 1.87. The molecule has 1 saturated carbocycles. The van der Waals surface area contributed by atoms with Crippen LogP contribution in [0, 0.1) is 5.92 Å². The molecule has 0 bridgehead atoms. The lowest BCUT2D eigenvalue weighted by Gasteiger charge is -2.37. The maximum absolute atomic E-state index is 12.9. The summed E-state index contributed by atoms with van der Waals surface area (Å²) >= 11 is 0. The highest BCUT2D eigenvalue weighted by Gasteiger charge is 2.41. The van der Waals surface area contributed by atoms with Gasteiger partial charge in [0.1, 0.15) is 11.4 Å². The summed E-state index contributed by atoms with van der Waals surface area (Å²) in [4.78, 5) is 12.9. The molecule has 108 valence electrons. The van der Waals surface area contributed by atoms with Crippen molar-refractivity contribution in [3.8, 4) is 5.75 Å². The highest BCUT2D eigenvalue weighted by atomic mass is 16.5. The van der Waals surface area contributed by atoms with Crippen LogP contribution in [0.4, 0.5) is 0 Å². The molecule has 0 radical (unpaired) electrons. The molecule has 0 N–H and O–H groups in total. The maximum atomic E-state index is 12.9. The fraction of sp³-hybridized carbons (Fsp3) is 0.588. The smallest absolute Gasteiger partial charge is 0.194 e. The second-order valence-corrected chi connectivity index (χ2v) is 6.13. The molecule has 1 fully saturated rings. The number of ketones is 1. The van der Waals surface area contributed by atoms with Gasteiger partial charge in [0, 0.05) is 19.1 Å². The van der Waals surface area contributed by atoms with E-state index in [9.17, 15) is 4.79 Å². The average Bonchev–Trinajstić information content (AvgIpc) is 2.95. The van der Waals surface area contributed by atoms with Gasteiger partial charge in [-0.05, 0) is 55.4 Å². The van der Waals surface area contributed by atoms with Gasteiger partial charge < -0.3 is 9.47 Å². The molecule has 0 spiro atoms. The zero-order valence-electron chi connectivity index (χ0n) is 12.3. The lowest BCUT2D eigenvalue weighted by atomic mass is 9.75. The van der Waals surface area contributed by atoms with Crippen LogP contribution in [-0.4, -0.2) is 25.1 Å². The first kappa shape index (κ1) is 13.6. The highest BCUT2D eigenvalue weighted by molar-refractivity contribution is 6.02. The van der Waals surface area contributed by atoms with Crippen molar-refractivity contribution >= 4 is 5.78 Å². The van der Waals surface area contributed by atoms with Crippen molar-refractivity contribution in [3.05, 3.63) is 29.3 Å². The maximum Gasteiger partial charge on any atom is 0.194 e. The van der Waals surface area contributed by atoms with Gasteiger partial charge in [0.05, 0.1) is 6.61 Å². The van der Waals surface area contributed by atoms with Gasteiger partial charge in [-0.1, -0.05) is 6.92 Å². The molecule has 1 heterocycles. The summed E-state index contributed by atoms with van der Waals surface area (Å²) in [6, 6.07) is 5.79. The molecule has 2 aliphatic rings. The third-order valence-electron chi connectivity index (χ3n) is 4.84. The number of carbonyl (C=O) groups excluding carboxylic acids is 1. The molecule has 1 aromatic carbocycles. The molecule has 3 nitrogen and oxygen atoms in total. The molecule has 0 amide bonds. The number of rotatable bonds is 3. The Kier molecular flexibility index (Phi) is 3.55. The van der Waals surface area contributed by atoms with E-state index in [1.807, 2.05) is 18.2 Å². The molecule has 3 rings (SSSR count). The van der Waals surface area contributed by atoms with Gasteiger partial charge in [-0.3, -0.25) is 4.79 Å². The highest BCUT2D eigenvalue weighted by Crippen LogP contribution is 2.37. The van der Waals surface area contributed by atoms with Crippen molar-refractivity contribution in [2.24, 2.45) is 5.92 Å². The molecule has 0 saturated heterocycles. The fourth-order valence-electron chi connectivity index (χ4n) is 3.34. The van der Waals surface area contributed by atoms with Gasteiger partial charge in [-0.2, -0.15) is 0 Å². The average molecular weight is 274 g/mol.